The van der Waals surface area contributed by atoms with Gasteiger partial charge in [0.15, 0.2) is 6.61 Å². The topological polar surface area (TPSA) is 78.6 Å². The van der Waals surface area contributed by atoms with Crippen LogP contribution in [-0.2, 0) is 14.3 Å². The third-order valence-corrected chi connectivity index (χ3v) is 2.06. The molecule has 0 aromatic heterocycles. The maximum atomic E-state index is 11.4. The zero-order valence-corrected chi connectivity index (χ0v) is 9.15. The summed E-state index contributed by atoms with van der Waals surface area (Å²) in [5.74, 6) is -1.20. The van der Waals surface area contributed by atoms with Gasteiger partial charge in [-0.2, -0.15) is 0 Å². The molecular formula is C11H13NO4. The summed E-state index contributed by atoms with van der Waals surface area (Å²) in [4.78, 5) is 22.2. The summed E-state index contributed by atoms with van der Waals surface area (Å²) in [6, 6.07) is 4.81. The SMILES string of the molecule is COC(=O)COC(=O)c1ccc(C)c(N)c1. The number of aryl methyl sites for hydroxylation is 1. The summed E-state index contributed by atoms with van der Waals surface area (Å²) in [6.45, 7) is 1.43. The van der Waals surface area contributed by atoms with E-state index in [1.165, 1.54) is 13.2 Å². The third-order valence-electron chi connectivity index (χ3n) is 2.06. The number of benzene rings is 1. The van der Waals surface area contributed by atoms with E-state index >= 15 is 0 Å². The van der Waals surface area contributed by atoms with E-state index in [0.717, 1.165) is 5.56 Å². The van der Waals surface area contributed by atoms with E-state index < -0.39 is 18.5 Å². The monoisotopic (exact) mass is 223 g/mol. The zero-order chi connectivity index (χ0) is 12.1. The molecule has 0 radical (unpaired) electrons. The van der Waals surface area contributed by atoms with Gasteiger partial charge in [0.05, 0.1) is 12.7 Å². The predicted molar refractivity (Wildman–Crippen MR) is 57.9 cm³/mol. The van der Waals surface area contributed by atoms with E-state index in [9.17, 15) is 9.59 Å². The van der Waals surface area contributed by atoms with E-state index in [0.29, 0.717) is 11.3 Å². The number of carbonyl (C=O) groups excluding carboxylic acids is 2. The summed E-state index contributed by atoms with van der Waals surface area (Å²) >= 11 is 0. The minimum absolute atomic E-state index is 0.312. The minimum atomic E-state index is -0.603. The molecule has 0 aliphatic heterocycles. The first-order valence-electron chi connectivity index (χ1n) is 4.64. The Balaban J connectivity index is 2.66. The van der Waals surface area contributed by atoms with Crippen molar-refractivity contribution in [2.45, 2.75) is 6.92 Å². The first-order valence-corrected chi connectivity index (χ1v) is 4.64. The van der Waals surface area contributed by atoms with Crippen molar-refractivity contribution < 1.29 is 19.1 Å². The quantitative estimate of drug-likeness (QED) is 0.608. The number of rotatable bonds is 3. The molecule has 0 fully saturated rings. The van der Waals surface area contributed by atoms with E-state index in [1.54, 1.807) is 12.1 Å². The standard InChI is InChI=1S/C11H13NO4/c1-7-3-4-8(5-9(7)12)11(14)16-6-10(13)15-2/h3-5H,6,12H2,1-2H3. The maximum absolute atomic E-state index is 11.4. The van der Waals surface area contributed by atoms with Crippen LogP contribution in [0.1, 0.15) is 15.9 Å². The van der Waals surface area contributed by atoms with Gasteiger partial charge < -0.3 is 15.2 Å². The van der Waals surface area contributed by atoms with Gasteiger partial charge in [0.2, 0.25) is 0 Å². The van der Waals surface area contributed by atoms with Crippen molar-refractivity contribution in [3.8, 4) is 0 Å². The van der Waals surface area contributed by atoms with Crippen LogP contribution in [0, 0.1) is 6.92 Å². The lowest BCUT2D eigenvalue weighted by Crippen LogP contribution is -2.15. The second kappa shape index (κ2) is 5.16. The van der Waals surface area contributed by atoms with Gasteiger partial charge in [-0.05, 0) is 24.6 Å². The molecule has 0 aliphatic carbocycles. The molecule has 0 amide bonds. The first kappa shape index (κ1) is 12.0. The summed E-state index contributed by atoms with van der Waals surface area (Å²) in [5.41, 5.74) is 7.34. The molecule has 0 heterocycles. The molecule has 5 heteroatoms. The summed E-state index contributed by atoms with van der Waals surface area (Å²) in [7, 11) is 1.22. The maximum Gasteiger partial charge on any atom is 0.344 e. The highest BCUT2D eigenvalue weighted by Gasteiger charge is 2.10. The fourth-order valence-corrected chi connectivity index (χ4v) is 1.03. The molecular weight excluding hydrogens is 210 g/mol. The molecule has 0 saturated carbocycles. The van der Waals surface area contributed by atoms with Crippen molar-refractivity contribution in [2.24, 2.45) is 0 Å². The van der Waals surface area contributed by atoms with Gasteiger partial charge >= 0.3 is 11.9 Å². The van der Waals surface area contributed by atoms with Crippen LogP contribution in [0.25, 0.3) is 0 Å². The lowest BCUT2D eigenvalue weighted by Gasteiger charge is -2.05. The molecule has 2 N–H and O–H groups in total. The van der Waals surface area contributed by atoms with Crippen molar-refractivity contribution in [3.05, 3.63) is 29.3 Å². The summed E-state index contributed by atoms with van der Waals surface area (Å²) in [5, 5.41) is 0. The van der Waals surface area contributed by atoms with Crippen LogP contribution < -0.4 is 5.73 Å². The van der Waals surface area contributed by atoms with Gasteiger partial charge in [-0.25, -0.2) is 9.59 Å². The molecule has 16 heavy (non-hydrogen) atoms. The van der Waals surface area contributed by atoms with Crippen LogP contribution in [0.5, 0.6) is 0 Å². The van der Waals surface area contributed by atoms with E-state index in [2.05, 4.69) is 4.74 Å². The van der Waals surface area contributed by atoms with Crippen LogP contribution in [0.4, 0.5) is 5.69 Å². The highest BCUT2D eigenvalue weighted by atomic mass is 16.6. The Labute approximate surface area is 93.1 Å². The number of methoxy groups -OCH3 is 1. The Bertz CT molecular complexity index is 414. The van der Waals surface area contributed by atoms with Gasteiger partial charge in [-0.15, -0.1) is 0 Å². The smallest absolute Gasteiger partial charge is 0.344 e. The van der Waals surface area contributed by atoms with Gasteiger partial charge in [-0.1, -0.05) is 6.07 Å². The van der Waals surface area contributed by atoms with E-state index in [-0.39, 0.29) is 0 Å². The van der Waals surface area contributed by atoms with Crippen LogP contribution in [0.15, 0.2) is 18.2 Å². The van der Waals surface area contributed by atoms with Gasteiger partial charge in [0.1, 0.15) is 0 Å². The molecule has 1 aromatic rings. The summed E-state index contributed by atoms with van der Waals surface area (Å²) in [6.07, 6.45) is 0. The second-order valence-corrected chi connectivity index (χ2v) is 3.22. The molecule has 86 valence electrons. The molecule has 0 bridgehead atoms. The molecule has 1 aromatic carbocycles. The highest BCUT2D eigenvalue weighted by molar-refractivity contribution is 5.91. The first-order chi connectivity index (χ1) is 7.54. The lowest BCUT2D eigenvalue weighted by atomic mass is 10.1. The van der Waals surface area contributed by atoms with Crippen LogP contribution in [-0.4, -0.2) is 25.7 Å². The highest BCUT2D eigenvalue weighted by Crippen LogP contribution is 2.13. The molecule has 1 rings (SSSR count). The Morgan fingerprint density at radius 2 is 2.06 bits per heavy atom. The zero-order valence-electron chi connectivity index (χ0n) is 9.15. The van der Waals surface area contributed by atoms with Gasteiger partial charge in [0, 0.05) is 5.69 Å². The molecule has 0 spiro atoms. The Hall–Kier alpha value is -2.04. The molecule has 0 atom stereocenters. The minimum Gasteiger partial charge on any atom is -0.466 e. The number of nitrogens with two attached hydrogens (primary N) is 1. The van der Waals surface area contributed by atoms with Crippen molar-refractivity contribution in [2.75, 3.05) is 19.5 Å². The molecule has 0 aliphatic rings. The normalized spacial score (nSPS) is 9.62. The lowest BCUT2D eigenvalue weighted by molar-refractivity contribution is -0.144. The second-order valence-electron chi connectivity index (χ2n) is 3.22. The predicted octanol–water partition coefficient (Wildman–Crippen LogP) is 0.907. The van der Waals surface area contributed by atoms with Gasteiger partial charge in [-0.3, -0.25) is 0 Å². The van der Waals surface area contributed by atoms with E-state index in [1.807, 2.05) is 6.92 Å². The van der Waals surface area contributed by atoms with Crippen molar-refractivity contribution in [3.63, 3.8) is 0 Å². The number of anilines is 1. The Morgan fingerprint density at radius 1 is 1.38 bits per heavy atom. The third kappa shape index (κ3) is 2.98. The average Bonchev–Trinajstić information content (AvgIpc) is 2.29. The number of hydrogen-bond acceptors (Lipinski definition) is 5. The number of ether oxygens (including phenoxy) is 2. The average molecular weight is 223 g/mol. The molecule has 5 nitrogen and oxygen atoms in total. The van der Waals surface area contributed by atoms with Gasteiger partial charge in [0.25, 0.3) is 0 Å². The molecule has 0 unspecified atom stereocenters. The Morgan fingerprint density at radius 3 is 2.62 bits per heavy atom. The van der Waals surface area contributed by atoms with E-state index in [4.69, 9.17) is 10.5 Å². The number of carbonyl (C=O) groups is 2. The largest absolute Gasteiger partial charge is 0.466 e. The van der Waals surface area contributed by atoms with Crippen LogP contribution >= 0.6 is 0 Å². The van der Waals surface area contributed by atoms with Crippen molar-refractivity contribution in [1.82, 2.24) is 0 Å². The number of nitrogen functional groups attached to an aromatic ring is 1. The Kier molecular flexibility index (Phi) is 3.88. The number of esters is 2. The number of hydrogen-bond donors (Lipinski definition) is 1. The van der Waals surface area contributed by atoms with Crippen molar-refractivity contribution in [1.29, 1.82) is 0 Å². The van der Waals surface area contributed by atoms with Crippen molar-refractivity contribution >= 4 is 17.6 Å². The fraction of sp³-hybridized carbons (Fsp3) is 0.273. The summed E-state index contributed by atoms with van der Waals surface area (Å²) < 4.78 is 9.05. The molecule has 0 saturated heterocycles. The van der Waals surface area contributed by atoms with Crippen LogP contribution in [0.2, 0.25) is 0 Å². The fourth-order valence-electron chi connectivity index (χ4n) is 1.03. The van der Waals surface area contributed by atoms with Crippen LogP contribution in [0.3, 0.4) is 0 Å².